The van der Waals surface area contributed by atoms with E-state index < -0.39 is 11.9 Å². The molecule has 1 saturated carbocycles. The molecule has 1 aromatic carbocycles. The van der Waals surface area contributed by atoms with Crippen LogP contribution in [0, 0.1) is 5.82 Å². The molecule has 0 spiro atoms. The van der Waals surface area contributed by atoms with Gasteiger partial charge < -0.3 is 15.2 Å². The van der Waals surface area contributed by atoms with E-state index in [0.29, 0.717) is 0 Å². The van der Waals surface area contributed by atoms with Gasteiger partial charge in [-0.2, -0.15) is 0 Å². The Morgan fingerprint density at radius 2 is 2.20 bits per heavy atom. The Balaban J connectivity index is 1.84. The van der Waals surface area contributed by atoms with Crippen LogP contribution in [0.5, 0.6) is 5.75 Å². The van der Waals surface area contributed by atoms with Crippen molar-refractivity contribution in [3.8, 4) is 5.75 Å². The monoisotopic (exact) mass is 281 g/mol. The fourth-order valence-electron chi connectivity index (χ4n) is 2.42. The topological polar surface area (TPSA) is 58.6 Å². The van der Waals surface area contributed by atoms with Crippen molar-refractivity contribution in [3.05, 3.63) is 29.6 Å². The minimum absolute atomic E-state index is 0.121. The van der Waals surface area contributed by atoms with Gasteiger partial charge in [0.05, 0.1) is 6.10 Å². The van der Waals surface area contributed by atoms with Gasteiger partial charge in [-0.1, -0.05) is 12.8 Å². The molecule has 1 unspecified atom stereocenters. The van der Waals surface area contributed by atoms with Crippen LogP contribution >= 0.6 is 0 Å². The molecule has 5 heteroatoms. The number of rotatable bonds is 5. The first-order chi connectivity index (χ1) is 9.56. The maximum atomic E-state index is 13.6. The standard InChI is InChI=1S/C15H20FNO3/c1-10(18)13-7-6-12(8-14(13)16)20-9-15(19)17-11-4-2-3-5-11/h6-8,10-11,18H,2-5,9H2,1H3,(H,17,19). The van der Waals surface area contributed by atoms with Crippen LogP contribution in [0.25, 0.3) is 0 Å². The summed E-state index contributed by atoms with van der Waals surface area (Å²) in [4.78, 5) is 11.7. The first-order valence-corrected chi connectivity index (χ1v) is 6.96. The van der Waals surface area contributed by atoms with E-state index in [2.05, 4.69) is 5.32 Å². The summed E-state index contributed by atoms with van der Waals surface area (Å²) in [6, 6.07) is 4.45. The lowest BCUT2D eigenvalue weighted by atomic mass is 10.1. The highest BCUT2D eigenvalue weighted by Gasteiger charge is 2.17. The lowest BCUT2D eigenvalue weighted by molar-refractivity contribution is -0.123. The summed E-state index contributed by atoms with van der Waals surface area (Å²) in [5.74, 6) is -0.431. The number of hydrogen-bond donors (Lipinski definition) is 2. The van der Waals surface area contributed by atoms with Crippen molar-refractivity contribution in [2.45, 2.75) is 44.8 Å². The van der Waals surface area contributed by atoms with Gasteiger partial charge in [0, 0.05) is 17.7 Å². The Morgan fingerprint density at radius 3 is 2.80 bits per heavy atom. The lowest BCUT2D eigenvalue weighted by Gasteiger charge is -2.13. The number of benzene rings is 1. The van der Waals surface area contributed by atoms with Crippen molar-refractivity contribution in [2.24, 2.45) is 0 Å². The highest BCUT2D eigenvalue weighted by Crippen LogP contribution is 2.22. The Labute approximate surface area is 117 Å². The number of aliphatic hydroxyl groups excluding tert-OH is 1. The summed E-state index contributed by atoms with van der Waals surface area (Å²) >= 11 is 0. The molecule has 4 nitrogen and oxygen atoms in total. The molecule has 110 valence electrons. The van der Waals surface area contributed by atoms with Gasteiger partial charge >= 0.3 is 0 Å². The fourth-order valence-corrected chi connectivity index (χ4v) is 2.42. The van der Waals surface area contributed by atoms with Gasteiger partial charge in [-0.15, -0.1) is 0 Å². The molecular formula is C15H20FNO3. The number of ether oxygens (including phenoxy) is 1. The van der Waals surface area contributed by atoms with Crippen molar-refractivity contribution >= 4 is 5.91 Å². The summed E-state index contributed by atoms with van der Waals surface area (Å²) in [5.41, 5.74) is 0.216. The van der Waals surface area contributed by atoms with E-state index in [9.17, 15) is 14.3 Å². The van der Waals surface area contributed by atoms with Gasteiger partial charge in [0.15, 0.2) is 6.61 Å². The van der Waals surface area contributed by atoms with Gasteiger partial charge in [0.25, 0.3) is 5.91 Å². The van der Waals surface area contributed by atoms with Crippen molar-refractivity contribution in [1.82, 2.24) is 5.32 Å². The SMILES string of the molecule is CC(O)c1ccc(OCC(=O)NC2CCCC2)cc1F. The molecule has 1 fully saturated rings. The average molecular weight is 281 g/mol. The van der Waals surface area contributed by atoms with Crippen molar-refractivity contribution in [3.63, 3.8) is 0 Å². The molecule has 0 aromatic heterocycles. The van der Waals surface area contributed by atoms with Gasteiger partial charge in [-0.05, 0) is 31.9 Å². The fraction of sp³-hybridized carbons (Fsp3) is 0.533. The van der Waals surface area contributed by atoms with E-state index >= 15 is 0 Å². The Kier molecular flexibility index (Phi) is 4.95. The van der Waals surface area contributed by atoms with Gasteiger partial charge in [-0.3, -0.25) is 4.79 Å². The summed E-state index contributed by atoms with van der Waals surface area (Å²) in [6.07, 6.45) is 3.47. The zero-order chi connectivity index (χ0) is 14.5. The summed E-state index contributed by atoms with van der Waals surface area (Å²) in [5, 5.41) is 12.2. The molecule has 20 heavy (non-hydrogen) atoms. The van der Waals surface area contributed by atoms with Gasteiger partial charge in [0.1, 0.15) is 11.6 Å². The molecule has 0 bridgehead atoms. The third kappa shape index (κ3) is 3.93. The van der Waals surface area contributed by atoms with E-state index in [4.69, 9.17) is 4.74 Å². The maximum Gasteiger partial charge on any atom is 0.258 e. The molecule has 1 atom stereocenters. The Bertz CT molecular complexity index is 470. The molecule has 0 radical (unpaired) electrons. The van der Waals surface area contributed by atoms with Crippen molar-refractivity contribution < 1.29 is 19.0 Å². The van der Waals surface area contributed by atoms with Crippen LogP contribution < -0.4 is 10.1 Å². The number of halogens is 1. The highest BCUT2D eigenvalue weighted by atomic mass is 19.1. The Hall–Kier alpha value is -1.62. The molecule has 0 saturated heterocycles. The quantitative estimate of drug-likeness (QED) is 0.870. The van der Waals surface area contributed by atoms with Gasteiger partial charge in [0.2, 0.25) is 0 Å². The number of hydrogen-bond acceptors (Lipinski definition) is 3. The van der Waals surface area contributed by atoms with E-state index in [1.54, 1.807) is 6.07 Å². The predicted octanol–water partition coefficient (Wildman–Crippen LogP) is 2.32. The van der Waals surface area contributed by atoms with Crippen LogP contribution in [-0.2, 0) is 4.79 Å². The van der Waals surface area contributed by atoms with Crippen molar-refractivity contribution in [1.29, 1.82) is 0 Å². The summed E-state index contributed by atoms with van der Waals surface area (Å²) in [7, 11) is 0. The number of carbonyl (C=O) groups excluding carboxylic acids is 1. The molecule has 2 rings (SSSR count). The minimum atomic E-state index is -0.866. The van der Waals surface area contributed by atoms with Crippen LogP contribution in [-0.4, -0.2) is 23.7 Å². The maximum absolute atomic E-state index is 13.6. The van der Waals surface area contributed by atoms with Crippen molar-refractivity contribution in [2.75, 3.05) is 6.61 Å². The molecule has 1 aliphatic carbocycles. The third-order valence-electron chi connectivity index (χ3n) is 3.51. The van der Waals surface area contributed by atoms with Crippen LogP contribution in [0.2, 0.25) is 0 Å². The molecule has 1 aliphatic rings. The minimum Gasteiger partial charge on any atom is -0.484 e. The molecule has 0 aliphatic heterocycles. The summed E-state index contributed by atoms with van der Waals surface area (Å²) < 4.78 is 18.9. The van der Waals surface area contributed by atoms with Crippen LogP contribution in [0.4, 0.5) is 4.39 Å². The first kappa shape index (κ1) is 14.8. The zero-order valence-electron chi connectivity index (χ0n) is 11.6. The Morgan fingerprint density at radius 1 is 1.50 bits per heavy atom. The summed E-state index contributed by atoms with van der Waals surface area (Å²) in [6.45, 7) is 1.37. The smallest absolute Gasteiger partial charge is 0.258 e. The average Bonchev–Trinajstić information content (AvgIpc) is 2.89. The zero-order valence-corrected chi connectivity index (χ0v) is 11.6. The normalized spacial score (nSPS) is 16.9. The lowest BCUT2D eigenvalue weighted by Crippen LogP contribution is -2.36. The second-order valence-corrected chi connectivity index (χ2v) is 5.20. The van der Waals surface area contributed by atoms with E-state index in [1.165, 1.54) is 19.1 Å². The molecule has 1 amide bonds. The highest BCUT2D eigenvalue weighted by molar-refractivity contribution is 5.77. The third-order valence-corrected chi connectivity index (χ3v) is 3.51. The number of nitrogens with one attached hydrogen (secondary N) is 1. The van der Waals surface area contributed by atoms with Crippen LogP contribution in [0.1, 0.15) is 44.3 Å². The largest absolute Gasteiger partial charge is 0.484 e. The van der Waals surface area contributed by atoms with E-state index in [1.807, 2.05) is 0 Å². The first-order valence-electron chi connectivity index (χ1n) is 6.96. The number of carbonyl (C=O) groups is 1. The number of aliphatic hydroxyl groups is 1. The molecule has 2 N–H and O–H groups in total. The predicted molar refractivity (Wildman–Crippen MR) is 72.9 cm³/mol. The van der Waals surface area contributed by atoms with Crippen LogP contribution in [0.3, 0.4) is 0 Å². The molecular weight excluding hydrogens is 261 g/mol. The second-order valence-electron chi connectivity index (χ2n) is 5.20. The number of amides is 1. The molecule has 1 aromatic rings. The van der Waals surface area contributed by atoms with E-state index in [0.717, 1.165) is 25.7 Å². The van der Waals surface area contributed by atoms with Crippen LogP contribution in [0.15, 0.2) is 18.2 Å². The van der Waals surface area contributed by atoms with E-state index in [-0.39, 0.29) is 29.9 Å². The second kappa shape index (κ2) is 6.70. The van der Waals surface area contributed by atoms with Gasteiger partial charge in [-0.25, -0.2) is 4.39 Å². The molecule has 0 heterocycles.